The van der Waals surface area contributed by atoms with Crippen molar-refractivity contribution < 1.29 is 14.3 Å². The minimum atomic E-state index is -0.577. The Morgan fingerprint density at radius 1 is 1.19 bits per heavy atom. The van der Waals surface area contributed by atoms with Crippen molar-refractivity contribution in [1.29, 1.82) is 0 Å². The minimum absolute atomic E-state index is 0.00968. The molecule has 1 atom stereocenters. The monoisotopic (exact) mass is 230 g/mol. The number of carbonyl (C=O) groups is 2. The van der Waals surface area contributed by atoms with Gasteiger partial charge in [0, 0.05) is 6.04 Å². The third-order valence-corrected chi connectivity index (χ3v) is 2.11. The number of esters is 1. The third-order valence-electron chi connectivity index (χ3n) is 2.11. The van der Waals surface area contributed by atoms with Gasteiger partial charge in [-0.3, -0.25) is 4.79 Å². The molecule has 1 amide bonds. The maximum Gasteiger partial charge on any atom is 0.328 e. The summed E-state index contributed by atoms with van der Waals surface area (Å²) in [6, 6.07) is -0.340. The normalized spacial score (nSPS) is 12.7. The minimum Gasteiger partial charge on any atom is -0.467 e. The summed E-state index contributed by atoms with van der Waals surface area (Å²) in [6.07, 6.45) is 0. The Kier molecular flexibility index (Phi) is 6.72. The van der Waals surface area contributed by atoms with E-state index in [1.54, 1.807) is 0 Å². The van der Waals surface area contributed by atoms with Gasteiger partial charge in [0.05, 0.1) is 13.7 Å². The molecule has 0 aliphatic rings. The van der Waals surface area contributed by atoms with Gasteiger partial charge >= 0.3 is 5.97 Å². The average molecular weight is 230 g/mol. The molecular formula is C11H22N2O3. The lowest BCUT2D eigenvalue weighted by Crippen LogP contribution is -2.48. The fraction of sp³-hybridized carbons (Fsp3) is 0.818. The Morgan fingerprint density at radius 3 is 2.12 bits per heavy atom. The van der Waals surface area contributed by atoms with Gasteiger partial charge in [-0.1, -0.05) is 27.7 Å². The molecular weight excluding hydrogens is 208 g/mol. The Balaban J connectivity index is 4.19. The molecule has 0 aliphatic carbocycles. The zero-order chi connectivity index (χ0) is 12.7. The first-order valence-electron chi connectivity index (χ1n) is 5.49. The summed E-state index contributed by atoms with van der Waals surface area (Å²) in [6.45, 7) is 7.83. The largest absolute Gasteiger partial charge is 0.467 e. The third kappa shape index (κ3) is 5.70. The molecule has 0 aliphatic heterocycles. The highest BCUT2D eigenvalue weighted by atomic mass is 16.5. The molecule has 5 nitrogen and oxygen atoms in total. The molecule has 0 aromatic rings. The summed E-state index contributed by atoms with van der Waals surface area (Å²) in [5.41, 5.74) is 0. The van der Waals surface area contributed by atoms with Crippen LogP contribution in [-0.4, -0.2) is 37.6 Å². The van der Waals surface area contributed by atoms with Crippen molar-refractivity contribution in [2.24, 2.45) is 5.92 Å². The highest BCUT2D eigenvalue weighted by molar-refractivity contribution is 5.85. The maximum atomic E-state index is 11.5. The van der Waals surface area contributed by atoms with Gasteiger partial charge in [-0.05, 0) is 5.92 Å². The number of ether oxygens (including phenoxy) is 1. The van der Waals surface area contributed by atoms with E-state index in [-0.39, 0.29) is 24.4 Å². The molecule has 0 fully saturated rings. The molecule has 0 unspecified atom stereocenters. The van der Waals surface area contributed by atoms with E-state index in [9.17, 15) is 9.59 Å². The van der Waals surface area contributed by atoms with E-state index in [0.717, 1.165) is 0 Å². The van der Waals surface area contributed by atoms with Crippen molar-refractivity contribution in [2.45, 2.75) is 39.8 Å². The number of rotatable bonds is 6. The number of hydrogen-bond donors (Lipinski definition) is 2. The number of hydrogen-bond acceptors (Lipinski definition) is 4. The van der Waals surface area contributed by atoms with Crippen LogP contribution in [0.4, 0.5) is 0 Å². The van der Waals surface area contributed by atoms with E-state index in [1.807, 2.05) is 27.7 Å². The van der Waals surface area contributed by atoms with Crippen LogP contribution < -0.4 is 10.6 Å². The van der Waals surface area contributed by atoms with Crippen LogP contribution in [0.1, 0.15) is 27.7 Å². The molecule has 0 bridgehead atoms. The molecule has 2 N–H and O–H groups in total. The van der Waals surface area contributed by atoms with Gasteiger partial charge in [0.2, 0.25) is 5.91 Å². The summed E-state index contributed by atoms with van der Waals surface area (Å²) in [4.78, 5) is 22.9. The second-order valence-electron chi connectivity index (χ2n) is 4.35. The average Bonchev–Trinajstić information content (AvgIpc) is 2.21. The van der Waals surface area contributed by atoms with Crippen molar-refractivity contribution in [3.63, 3.8) is 0 Å². The van der Waals surface area contributed by atoms with Crippen molar-refractivity contribution in [1.82, 2.24) is 10.6 Å². The number of nitrogens with one attached hydrogen (secondary N) is 2. The van der Waals surface area contributed by atoms with Crippen LogP contribution in [0.5, 0.6) is 0 Å². The van der Waals surface area contributed by atoms with Gasteiger partial charge in [-0.15, -0.1) is 0 Å². The molecule has 0 rings (SSSR count). The van der Waals surface area contributed by atoms with E-state index in [1.165, 1.54) is 7.11 Å². The first kappa shape index (κ1) is 14.9. The van der Waals surface area contributed by atoms with E-state index in [0.29, 0.717) is 0 Å². The Morgan fingerprint density at radius 2 is 1.75 bits per heavy atom. The fourth-order valence-corrected chi connectivity index (χ4v) is 1.15. The summed E-state index contributed by atoms with van der Waals surface area (Å²) >= 11 is 0. The molecule has 16 heavy (non-hydrogen) atoms. The molecule has 0 aromatic carbocycles. The summed E-state index contributed by atoms with van der Waals surface area (Å²) < 4.78 is 4.63. The van der Waals surface area contributed by atoms with Crippen LogP contribution in [-0.2, 0) is 14.3 Å². The molecule has 94 valence electrons. The Hall–Kier alpha value is -1.10. The smallest absolute Gasteiger partial charge is 0.328 e. The summed E-state index contributed by atoms with van der Waals surface area (Å²) in [5, 5.41) is 5.63. The second kappa shape index (κ2) is 7.22. The number of carbonyl (C=O) groups excluding carboxylic acids is 2. The highest BCUT2D eigenvalue weighted by Crippen LogP contribution is 2.03. The first-order chi connectivity index (χ1) is 7.38. The van der Waals surface area contributed by atoms with E-state index in [4.69, 9.17) is 0 Å². The molecule has 0 saturated carbocycles. The van der Waals surface area contributed by atoms with E-state index >= 15 is 0 Å². The van der Waals surface area contributed by atoms with Gasteiger partial charge < -0.3 is 15.4 Å². The quantitative estimate of drug-likeness (QED) is 0.644. The molecule has 5 heteroatoms. The predicted molar refractivity (Wildman–Crippen MR) is 61.9 cm³/mol. The zero-order valence-corrected chi connectivity index (χ0v) is 10.7. The van der Waals surface area contributed by atoms with Crippen molar-refractivity contribution in [2.75, 3.05) is 13.7 Å². The molecule has 0 spiro atoms. The van der Waals surface area contributed by atoms with Crippen molar-refractivity contribution in [3.8, 4) is 0 Å². The maximum absolute atomic E-state index is 11.5. The van der Waals surface area contributed by atoms with Gasteiger partial charge in [0.1, 0.15) is 6.04 Å². The van der Waals surface area contributed by atoms with Gasteiger partial charge in [0.15, 0.2) is 0 Å². The fourth-order valence-electron chi connectivity index (χ4n) is 1.15. The standard InChI is InChI=1S/C11H22N2O3/c1-7(2)10(11(15)16-5)13-9(14)6-12-8(3)4/h7-8,10,12H,6H2,1-5H3,(H,13,14)/t10-/m0/s1. The number of methoxy groups -OCH3 is 1. The van der Waals surface area contributed by atoms with Gasteiger partial charge in [-0.25, -0.2) is 4.79 Å². The van der Waals surface area contributed by atoms with Crippen LogP contribution in [0.3, 0.4) is 0 Å². The van der Waals surface area contributed by atoms with E-state index < -0.39 is 12.0 Å². The van der Waals surface area contributed by atoms with Crippen LogP contribution in [0.2, 0.25) is 0 Å². The molecule has 0 radical (unpaired) electrons. The van der Waals surface area contributed by atoms with Crippen LogP contribution in [0, 0.1) is 5.92 Å². The first-order valence-corrected chi connectivity index (χ1v) is 5.49. The lowest BCUT2D eigenvalue weighted by molar-refractivity contribution is -0.146. The summed E-state index contributed by atoms with van der Waals surface area (Å²) in [5.74, 6) is -0.596. The van der Waals surface area contributed by atoms with Crippen LogP contribution >= 0.6 is 0 Å². The van der Waals surface area contributed by atoms with Gasteiger partial charge in [0.25, 0.3) is 0 Å². The Bertz CT molecular complexity index is 239. The van der Waals surface area contributed by atoms with Crippen molar-refractivity contribution in [3.05, 3.63) is 0 Å². The summed E-state index contributed by atoms with van der Waals surface area (Å²) in [7, 11) is 1.32. The SMILES string of the molecule is COC(=O)[C@@H](NC(=O)CNC(C)C)C(C)C. The second-order valence-corrected chi connectivity index (χ2v) is 4.35. The highest BCUT2D eigenvalue weighted by Gasteiger charge is 2.24. The Labute approximate surface area is 96.9 Å². The topological polar surface area (TPSA) is 67.4 Å². The number of amides is 1. The lowest BCUT2D eigenvalue weighted by Gasteiger charge is -2.20. The van der Waals surface area contributed by atoms with Gasteiger partial charge in [-0.2, -0.15) is 0 Å². The van der Waals surface area contributed by atoms with E-state index in [2.05, 4.69) is 15.4 Å². The zero-order valence-electron chi connectivity index (χ0n) is 10.7. The van der Waals surface area contributed by atoms with Crippen molar-refractivity contribution >= 4 is 11.9 Å². The molecule has 0 saturated heterocycles. The molecule has 0 heterocycles. The predicted octanol–water partition coefficient (Wildman–Crippen LogP) is 0.298. The van der Waals surface area contributed by atoms with Crippen LogP contribution in [0.15, 0.2) is 0 Å². The molecule has 0 aromatic heterocycles. The van der Waals surface area contributed by atoms with Crippen LogP contribution in [0.25, 0.3) is 0 Å². The lowest BCUT2D eigenvalue weighted by atomic mass is 10.0.